The average Bonchev–Trinajstić information content (AvgIpc) is 2.39. The third kappa shape index (κ3) is 1.91. The van der Waals surface area contributed by atoms with Gasteiger partial charge in [-0.2, -0.15) is 0 Å². The fraction of sp³-hybridized carbons (Fsp3) is 0.267. The van der Waals surface area contributed by atoms with E-state index < -0.39 is 0 Å². The number of hydrogen-bond acceptors (Lipinski definition) is 2. The summed E-state index contributed by atoms with van der Waals surface area (Å²) >= 11 is 0. The highest BCUT2D eigenvalue weighted by molar-refractivity contribution is 5.87. The van der Waals surface area contributed by atoms with Gasteiger partial charge in [0.1, 0.15) is 0 Å². The van der Waals surface area contributed by atoms with Gasteiger partial charge < -0.3 is 4.90 Å². The van der Waals surface area contributed by atoms with Crippen LogP contribution in [-0.2, 0) is 4.79 Å². The largest absolute Gasteiger partial charge is 0.337 e. The number of rotatable bonds is 1. The van der Waals surface area contributed by atoms with E-state index in [1.807, 2.05) is 18.2 Å². The van der Waals surface area contributed by atoms with Crippen molar-refractivity contribution in [3.05, 3.63) is 54.3 Å². The van der Waals surface area contributed by atoms with Crippen molar-refractivity contribution >= 4 is 11.5 Å². The summed E-state index contributed by atoms with van der Waals surface area (Å²) in [6.07, 6.45) is 8.07. The van der Waals surface area contributed by atoms with Crippen molar-refractivity contribution in [3.63, 3.8) is 0 Å². The van der Waals surface area contributed by atoms with E-state index in [1.54, 1.807) is 0 Å². The molecule has 1 aliphatic heterocycles. The molecule has 1 aromatic carbocycles. The molecule has 1 unspecified atom stereocenters. The normalized spacial score (nSPS) is 23.3. The summed E-state index contributed by atoms with van der Waals surface area (Å²) in [5.74, 6) is 0.716. The standard InChI is InChI=1S/C15H15NO/c17-14-10-12-6-4-5-9-15(12)16(11-14)13-7-2-1-3-8-13/h1-5,7-9,12H,6,10-11H2. The number of carbonyl (C=O) groups is 1. The first kappa shape index (κ1) is 10.3. The number of para-hydroxylation sites is 1. The molecule has 0 aromatic heterocycles. The third-order valence-electron chi connectivity index (χ3n) is 3.43. The first-order chi connectivity index (χ1) is 8.34. The summed E-state index contributed by atoms with van der Waals surface area (Å²) in [5.41, 5.74) is 2.41. The number of fused-ring (bicyclic) bond motifs is 1. The first-order valence-corrected chi connectivity index (χ1v) is 6.05. The maximum Gasteiger partial charge on any atom is 0.153 e. The third-order valence-corrected chi connectivity index (χ3v) is 3.43. The second-order valence-electron chi connectivity index (χ2n) is 4.62. The van der Waals surface area contributed by atoms with Crippen LogP contribution >= 0.6 is 0 Å². The molecule has 1 saturated heterocycles. The quantitative estimate of drug-likeness (QED) is 0.732. The SMILES string of the molecule is O=C1CC2CC=CC=C2N(c2ccccc2)C1. The summed E-state index contributed by atoms with van der Waals surface area (Å²) in [6, 6.07) is 10.2. The maximum absolute atomic E-state index is 11.8. The molecule has 1 heterocycles. The highest BCUT2D eigenvalue weighted by Gasteiger charge is 2.30. The molecule has 3 rings (SSSR count). The molecule has 0 saturated carbocycles. The Kier molecular flexibility index (Phi) is 2.56. The summed E-state index contributed by atoms with van der Waals surface area (Å²) in [7, 11) is 0. The van der Waals surface area contributed by atoms with E-state index in [1.165, 1.54) is 5.70 Å². The second-order valence-corrected chi connectivity index (χ2v) is 4.62. The van der Waals surface area contributed by atoms with Crippen LogP contribution in [0.1, 0.15) is 12.8 Å². The van der Waals surface area contributed by atoms with Crippen LogP contribution in [0, 0.1) is 5.92 Å². The van der Waals surface area contributed by atoms with Gasteiger partial charge in [0.2, 0.25) is 0 Å². The first-order valence-electron chi connectivity index (χ1n) is 6.05. The van der Waals surface area contributed by atoms with Gasteiger partial charge >= 0.3 is 0 Å². The summed E-state index contributed by atoms with van der Waals surface area (Å²) in [6.45, 7) is 0.514. The number of anilines is 1. The van der Waals surface area contributed by atoms with Crippen LogP contribution in [0.3, 0.4) is 0 Å². The number of Topliss-reactive ketones (excluding diaryl/α,β-unsaturated/α-hetero) is 1. The monoisotopic (exact) mass is 225 g/mol. The molecule has 0 spiro atoms. The van der Waals surface area contributed by atoms with Crippen LogP contribution < -0.4 is 4.90 Å². The van der Waals surface area contributed by atoms with Gasteiger partial charge in [-0.25, -0.2) is 0 Å². The zero-order valence-corrected chi connectivity index (χ0v) is 9.67. The van der Waals surface area contributed by atoms with Gasteiger partial charge in [-0.15, -0.1) is 0 Å². The van der Waals surface area contributed by atoms with Gasteiger partial charge in [-0.1, -0.05) is 30.4 Å². The Balaban J connectivity index is 1.99. The van der Waals surface area contributed by atoms with Gasteiger partial charge in [0.25, 0.3) is 0 Å². The molecule has 0 amide bonds. The highest BCUT2D eigenvalue weighted by atomic mass is 16.1. The number of benzene rings is 1. The highest BCUT2D eigenvalue weighted by Crippen LogP contribution is 2.34. The number of hydrogen-bond donors (Lipinski definition) is 0. The lowest BCUT2D eigenvalue weighted by Crippen LogP contribution is -2.39. The number of carbonyl (C=O) groups excluding carboxylic acids is 1. The molecule has 1 aliphatic carbocycles. The van der Waals surface area contributed by atoms with Crippen molar-refractivity contribution in [1.82, 2.24) is 0 Å². The zero-order chi connectivity index (χ0) is 11.7. The smallest absolute Gasteiger partial charge is 0.153 e. The minimum Gasteiger partial charge on any atom is -0.337 e. The minimum absolute atomic E-state index is 0.339. The molecule has 86 valence electrons. The molecule has 0 N–H and O–H groups in total. The summed E-state index contributed by atoms with van der Waals surface area (Å²) < 4.78 is 0. The topological polar surface area (TPSA) is 20.3 Å². The molecule has 0 bridgehead atoms. The van der Waals surface area contributed by atoms with Crippen LogP contribution in [0.4, 0.5) is 5.69 Å². The van der Waals surface area contributed by atoms with Crippen molar-refractivity contribution in [2.45, 2.75) is 12.8 Å². The van der Waals surface area contributed by atoms with Crippen LogP contribution in [0.15, 0.2) is 54.3 Å². The predicted octanol–water partition coefficient (Wildman–Crippen LogP) is 2.93. The van der Waals surface area contributed by atoms with Gasteiger partial charge in [0, 0.05) is 23.7 Å². The second kappa shape index (κ2) is 4.21. The van der Waals surface area contributed by atoms with Crippen molar-refractivity contribution < 1.29 is 4.79 Å². The Morgan fingerprint density at radius 1 is 1.18 bits per heavy atom. The maximum atomic E-state index is 11.8. The van der Waals surface area contributed by atoms with Crippen LogP contribution in [0.5, 0.6) is 0 Å². The van der Waals surface area contributed by atoms with E-state index in [4.69, 9.17) is 0 Å². The molecule has 2 aliphatic rings. The van der Waals surface area contributed by atoms with Crippen molar-refractivity contribution in [1.29, 1.82) is 0 Å². The molecule has 2 nitrogen and oxygen atoms in total. The predicted molar refractivity (Wildman–Crippen MR) is 68.7 cm³/mol. The van der Waals surface area contributed by atoms with E-state index in [-0.39, 0.29) is 0 Å². The van der Waals surface area contributed by atoms with Crippen LogP contribution in [-0.4, -0.2) is 12.3 Å². The lowest BCUT2D eigenvalue weighted by atomic mass is 9.87. The van der Waals surface area contributed by atoms with Gasteiger partial charge in [-0.3, -0.25) is 4.79 Å². The molecule has 0 radical (unpaired) electrons. The van der Waals surface area contributed by atoms with E-state index in [2.05, 4.69) is 35.3 Å². The minimum atomic E-state index is 0.339. The Bertz CT molecular complexity index is 487. The Morgan fingerprint density at radius 2 is 2.00 bits per heavy atom. The molecule has 17 heavy (non-hydrogen) atoms. The Morgan fingerprint density at radius 3 is 2.82 bits per heavy atom. The Labute approximate surface area is 101 Å². The molecule has 1 atom stereocenters. The number of ketones is 1. The van der Waals surface area contributed by atoms with Gasteiger partial charge in [0.05, 0.1) is 6.54 Å². The van der Waals surface area contributed by atoms with Gasteiger partial charge in [-0.05, 0) is 24.6 Å². The molecule has 2 heteroatoms. The van der Waals surface area contributed by atoms with Crippen molar-refractivity contribution in [2.24, 2.45) is 5.92 Å². The van der Waals surface area contributed by atoms with Crippen LogP contribution in [0.25, 0.3) is 0 Å². The number of allylic oxidation sites excluding steroid dienone is 4. The van der Waals surface area contributed by atoms with Crippen molar-refractivity contribution in [2.75, 3.05) is 11.4 Å². The van der Waals surface area contributed by atoms with Crippen LogP contribution in [0.2, 0.25) is 0 Å². The lowest BCUT2D eigenvalue weighted by Gasteiger charge is -2.37. The molecule has 1 aromatic rings. The lowest BCUT2D eigenvalue weighted by molar-refractivity contribution is -0.119. The average molecular weight is 225 g/mol. The summed E-state index contributed by atoms with van der Waals surface area (Å²) in [4.78, 5) is 14.0. The van der Waals surface area contributed by atoms with E-state index in [0.717, 1.165) is 12.1 Å². The van der Waals surface area contributed by atoms with E-state index in [0.29, 0.717) is 24.7 Å². The zero-order valence-electron chi connectivity index (χ0n) is 9.67. The summed E-state index contributed by atoms with van der Waals surface area (Å²) in [5, 5.41) is 0. The number of nitrogens with zero attached hydrogens (tertiary/aromatic N) is 1. The molecular weight excluding hydrogens is 210 g/mol. The molecule has 1 fully saturated rings. The number of piperidine rings is 1. The van der Waals surface area contributed by atoms with E-state index in [9.17, 15) is 4.79 Å². The van der Waals surface area contributed by atoms with Gasteiger partial charge in [0.15, 0.2) is 5.78 Å². The van der Waals surface area contributed by atoms with E-state index >= 15 is 0 Å². The Hall–Kier alpha value is -1.83. The fourth-order valence-electron chi connectivity index (χ4n) is 2.62. The van der Waals surface area contributed by atoms with Crippen molar-refractivity contribution in [3.8, 4) is 0 Å². The fourth-order valence-corrected chi connectivity index (χ4v) is 2.62. The molecular formula is C15H15NO.